The molecule has 2 aliphatic rings. The van der Waals surface area contributed by atoms with Gasteiger partial charge in [-0.3, -0.25) is 4.79 Å². The molecule has 0 radical (unpaired) electrons. The topological polar surface area (TPSA) is 63.7 Å². The maximum atomic E-state index is 12.5. The Morgan fingerprint density at radius 1 is 1.30 bits per heavy atom. The van der Waals surface area contributed by atoms with Crippen molar-refractivity contribution in [2.24, 2.45) is 5.92 Å². The molecule has 0 aromatic carbocycles. The van der Waals surface area contributed by atoms with Crippen molar-refractivity contribution in [1.29, 1.82) is 0 Å². The smallest absolute Gasteiger partial charge is 0.211 e. The van der Waals surface area contributed by atoms with Gasteiger partial charge >= 0.3 is 0 Å². The van der Waals surface area contributed by atoms with Crippen LogP contribution in [-0.4, -0.2) is 50.6 Å². The minimum Gasteiger partial charge on any atom is -0.370 e. The number of hydrogen-bond donors (Lipinski definition) is 0. The van der Waals surface area contributed by atoms with Gasteiger partial charge in [-0.15, -0.1) is 0 Å². The van der Waals surface area contributed by atoms with Crippen LogP contribution in [-0.2, 0) is 19.6 Å². The maximum Gasteiger partial charge on any atom is 0.211 e. The third-order valence-corrected chi connectivity index (χ3v) is 6.00. The van der Waals surface area contributed by atoms with Gasteiger partial charge in [-0.05, 0) is 44.4 Å². The van der Waals surface area contributed by atoms with E-state index in [1.807, 2.05) is 0 Å². The predicted octanol–water partition coefficient (Wildman–Crippen LogP) is 1.58. The number of carbonyl (C=O) groups excluding carboxylic acids is 1. The highest BCUT2D eigenvalue weighted by atomic mass is 32.2. The van der Waals surface area contributed by atoms with Gasteiger partial charge in [0.15, 0.2) is 5.78 Å². The largest absolute Gasteiger partial charge is 0.370 e. The third kappa shape index (κ3) is 3.40. The molecule has 116 valence electrons. The standard InChI is InChI=1S/C14H25NO4S/c1-19-14(7-3-4-8-14)13(16)10-12-6-5-9-15(11-12)20(2,17)18/h12H,3-11H2,1-2H3. The van der Waals surface area contributed by atoms with Crippen LogP contribution in [0.4, 0.5) is 0 Å². The van der Waals surface area contributed by atoms with Crippen LogP contribution in [0.2, 0.25) is 0 Å². The van der Waals surface area contributed by atoms with Crippen molar-refractivity contribution in [2.75, 3.05) is 26.5 Å². The number of Topliss-reactive ketones (excluding diaryl/α,β-unsaturated/α-hetero) is 1. The van der Waals surface area contributed by atoms with Crippen molar-refractivity contribution in [3.63, 3.8) is 0 Å². The quantitative estimate of drug-likeness (QED) is 0.773. The molecule has 5 nitrogen and oxygen atoms in total. The van der Waals surface area contributed by atoms with E-state index in [1.165, 1.54) is 10.6 Å². The van der Waals surface area contributed by atoms with Crippen LogP contribution in [0.3, 0.4) is 0 Å². The molecule has 0 spiro atoms. The predicted molar refractivity (Wildman–Crippen MR) is 77.0 cm³/mol. The monoisotopic (exact) mass is 303 g/mol. The fourth-order valence-corrected chi connectivity index (χ4v) is 4.43. The van der Waals surface area contributed by atoms with Gasteiger partial charge in [0.25, 0.3) is 0 Å². The summed E-state index contributed by atoms with van der Waals surface area (Å²) in [5.41, 5.74) is -0.590. The van der Waals surface area contributed by atoms with E-state index >= 15 is 0 Å². The summed E-state index contributed by atoms with van der Waals surface area (Å²) in [7, 11) is -1.53. The second kappa shape index (κ2) is 6.12. The van der Waals surface area contributed by atoms with Crippen molar-refractivity contribution < 1.29 is 17.9 Å². The average Bonchev–Trinajstić information content (AvgIpc) is 2.88. The zero-order chi connectivity index (χ0) is 14.8. The minimum atomic E-state index is -3.14. The Balaban J connectivity index is 1.97. The Labute approximate surface area is 121 Å². The molecule has 0 bridgehead atoms. The molecule has 1 atom stereocenters. The lowest BCUT2D eigenvalue weighted by Gasteiger charge is -2.33. The molecule has 20 heavy (non-hydrogen) atoms. The van der Waals surface area contributed by atoms with Crippen LogP contribution in [0.25, 0.3) is 0 Å². The summed E-state index contributed by atoms with van der Waals surface area (Å²) in [4.78, 5) is 12.5. The second-order valence-electron chi connectivity index (χ2n) is 6.16. The molecule has 0 N–H and O–H groups in total. The van der Waals surface area contributed by atoms with Crippen molar-refractivity contribution in [2.45, 2.75) is 50.5 Å². The van der Waals surface area contributed by atoms with Crippen LogP contribution in [0.1, 0.15) is 44.9 Å². The van der Waals surface area contributed by atoms with Gasteiger partial charge < -0.3 is 4.74 Å². The number of hydrogen-bond acceptors (Lipinski definition) is 4. The fourth-order valence-electron chi connectivity index (χ4n) is 3.49. The molecule has 2 fully saturated rings. The summed E-state index contributed by atoms with van der Waals surface area (Å²) in [5.74, 6) is 0.302. The van der Waals surface area contributed by atoms with Crippen LogP contribution < -0.4 is 0 Å². The highest BCUT2D eigenvalue weighted by Gasteiger charge is 2.42. The summed E-state index contributed by atoms with van der Waals surface area (Å²) in [6.45, 7) is 1.06. The number of rotatable bonds is 5. The van der Waals surface area contributed by atoms with Gasteiger partial charge in [0, 0.05) is 26.6 Å². The Bertz CT molecular complexity index is 454. The average molecular weight is 303 g/mol. The first-order valence-corrected chi connectivity index (χ1v) is 9.26. The lowest BCUT2D eigenvalue weighted by Crippen LogP contribution is -2.43. The summed E-state index contributed by atoms with van der Waals surface area (Å²) < 4.78 is 30.2. The second-order valence-corrected chi connectivity index (χ2v) is 8.14. The van der Waals surface area contributed by atoms with E-state index in [-0.39, 0.29) is 11.7 Å². The Morgan fingerprint density at radius 3 is 2.50 bits per heavy atom. The molecule has 6 heteroatoms. The van der Waals surface area contributed by atoms with E-state index in [0.717, 1.165) is 38.5 Å². The van der Waals surface area contributed by atoms with E-state index in [2.05, 4.69) is 0 Å². The zero-order valence-electron chi connectivity index (χ0n) is 12.4. The minimum absolute atomic E-state index is 0.138. The molecular formula is C14H25NO4S. The number of methoxy groups -OCH3 is 1. The molecule has 1 unspecified atom stereocenters. The fraction of sp³-hybridized carbons (Fsp3) is 0.929. The highest BCUT2D eigenvalue weighted by molar-refractivity contribution is 7.88. The first-order chi connectivity index (χ1) is 9.37. The van der Waals surface area contributed by atoms with E-state index < -0.39 is 15.6 Å². The van der Waals surface area contributed by atoms with Crippen LogP contribution in [0, 0.1) is 5.92 Å². The number of sulfonamides is 1. The van der Waals surface area contributed by atoms with Crippen LogP contribution in [0.15, 0.2) is 0 Å². The number of carbonyl (C=O) groups is 1. The van der Waals surface area contributed by atoms with Gasteiger partial charge in [-0.25, -0.2) is 12.7 Å². The normalized spacial score (nSPS) is 27.6. The zero-order valence-corrected chi connectivity index (χ0v) is 13.2. The Morgan fingerprint density at radius 2 is 1.95 bits per heavy atom. The summed E-state index contributed by atoms with van der Waals surface area (Å²) in [6.07, 6.45) is 7.16. The lowest BCUT2D eigenvalue weighted by atomic mass is 9.86. The van der Waals surface area contributed by atoms with E-state index in [0.29, 0.717) is 19.5 Å². The van der Waals surface area contributed by atoms with E-state index in [1.54, 1.807) is 7.11 Å². The molecule has 0 amide bonds. The SMILES string of the molecule is COC1(C(=O)CC2CCCN(S(C)(=O)=O)C2)CCCC1. The molecule has 0 aromatic rings. The van der Waals surface area contributed by atoms with Crippen molar-refractivity contribution >= 4 is 15.8 Å². The third-order valence-electron chi connectivity index (χ3n) is 4.73. The number of piperidine rings is 1. The number of ketones is 1. The maximum absolute atomic E-state index is 12.5. The summed E-state index contributed by atoms with van der Waals surface area (Å²) >= 11 is 0. The van der Waals surface area contributed by atoms with Crippen molar-refractivity contribution in [3.05, 3.63) is 0 Å². The van der Waals surface area contributed by atoms with Gasteiger partial charge in [0.2, 0.25) is 10.0 Å². The molecule has 1 heterocycles. The molecule has 0 aromatic heterocycles. The summed E-state index contributed by atoms with van der Waals surface area (Å²) in [5, 5.41) is 0. The lowest BCUT2D eigenvalue weighted by molar-refractivity contribution is -0.141. The molecular weight excluding hydrogens is 278 g/mol. The van der Waals surface area contributed by atoms with Gasteiger partial charge in [-0.2, -0.15) is 0 Å². The van der Waals surface area contributed by atoms with Crippen LogP contribution in [0.5, 0.6) is 0 Å². The molecule has 1 saturated heterocycles. The van der Waals surface area contributed by atoms with Gasteiger partial charge in [0.05, 0.1) is 6.26 Å². The molecule has 1 saturated carbocycles. The van der Waals surface area contributed by atoms with Crippen LogP contribution >= 0.6 is 0 Å². The number of nitrogens with zero attached hydrogens (tertiary/aromatic N) is 1. The Kier molecular flexibility index (Phi) is 4.87. The van der Waals surface area contributed by atoms with Crippen molar-refractivity contribution in [3.8, 4) is 0 Å². The Hall–Kier alpha value is -0.460. The first-order valence-electron chi connectivity index (χ1n) is 7.41. The molecule has 2 rings (SSSR count). The van der Waals surface area contributed by atoms with Crippen molar-refractivity contribution in [1.82, 2.24) is 4.31 Å². The van der Waals surface area contributed by atoms with E-state index in [4.69, 9.17) is 4.74 Å². The molecule has 1 aliphatic carbocycles. The number of ether oxygens (including phenoxy) is 1. The summed E-state index contributed by atoms with van der Waals surface area (Å²) in [6, 6.07) is 0. The van der Waals surface area contributed by atoms with Gasteiger partial charge in [-0.1, -0.05) is 0 Å². The first kappa shape index (κ1) is 15.9. The molecule has 1 aliphatic heterocycles. The highest BCUT2D eigenvalue weighted by Crippen LogP contribution is 2.36. The van der Waals surface area contributed by atoms with E-state index in [9.17, 15) is 13.2 Å². The van der Waals surface area contributed by atoms with Gasteiger partial charge in [0.1, 0.15) is 5.60 Å².